The molecule has 0 aliphatic carbocycles. The molecule has 0 spiro atoms. The van der Waals surface area contributed by atoms with Crippen LogP contribution in [0, 0.1) is 16.7 Å². The Hall–Kier alpha value is -0.530. The lowest BCUT2D eigenvalue weighted by Crippen LogP contribution is -2.32. The van der Waals surface area contributed by atoms with Crippen molar-refractivity contribution in [3.8, 4) is 0 Å². The number of rotatable bonds is 1. The summed E-state index contributed by atoms with van der Waals surface area (Å²) in [5, 5.41) is 0. The van der Waals surface area contributed by atoms with E-state index in [-0.39, 0.29) is 10.8 Å². The van der Waals surface area contributed by atoms with E-state index in [1.54, 1.807) is 0 Å². The molecule has 0 N–H and O–H groups in total. The summed E-state index contributed by atoms with van der Waals surface area (Å²) in [5.74, 6) is 0.932. The number of likely N-dealkylation sites (tertiary alicyclic amines) is 1. The van der Waals surface area contributed by atoms with Crippen LogP contribution < -0.4 is 0 Å². The molecule has 2 nitrogen and oxygen atoms in total. The number of nitrogens with zero attached hydrogens (tertiary/aromatic N) is 1. The van der Waals surface area contributed by atoms with E-state index >= 15 is 0 Å². The summed E-state index contributed by atoms with van der Waals surface area (Å²) in [4.78, 5) is 14.1. The first-order valence-electron chi connectivity index (χ1n) is 5.90. The standard InChI is InChI=1S/C13H25NO/c1-10-8-14(9-13(10,5)6)11(15)7-12(2,3)4/h10H,7-9H2,1-6H3. The van der Waals surface area contributed by atoms with E-state index in [4.69, 9.17) is 0 Å². The number of hydrogen-bond acceptors (Lipinski definition) is 1. The maximum atomic E-state index is 12.0. The fourth-order valence-corrected chi connectivity index (χ4v) is 2.05. The Kier molecular flexibility index (Phi) is 3.18. The molecule has 0 radical (unpaired) electrons. The molecule has 0 bridgehead atoms. The van der Waals surface area contributed by atoms with Crippen molar-refractivity contribution in [3.63, 3.8) is 0 Å². The van der Waals surface area contributed by atoms with Crippen LogP contribution in [-0.2, 0) is 4.79 Å². The van der Waals surface area contributed by atoms with Crippen molar-refractivity contribution in [2.75, 3.05) is 13.1 Å². The quantitative estimate of drug-likeness (QED) is 0.653. The van der Waals surface area contributed by atoms with Crippen LogP contribution in [0.25, 0.3) is 0 Å². The van der Waals surface area contributed by atoms with E-state index in [0.29, 0.717) is 18.2 Å². The van der Waals surface area contributed by atoms with Crippen molar-refractivity contribution < 1.29 is 4.79 Å². The van der Waals surface area contributed by atoms with Gasteiger partial charge < -0.3 is 4.90 Å². The normalized spacial score (nSPS) is 25.7. The predicted octanol–water partition coefficient (Wildman–Crippen LogP) is 2.93. The summed E-state index contributed by atoms with van der Waals surface area (Å²) in [6.45, 7) is 15.0. The lowest BCUT2D eigenvalue weighted by Gasteiger charge is -2.24. The zero-order chi connectivity index (χ0) is 11.9. The molecule has 1 aliphatic heterocycles. The van der Waals surface area contributed by atoms with Gasteiger partial charge in [-0.1, -0.05) is 41.5 Å². The maximum Gasteiger partial charge on any atom is 0.223 e. The highest BCUT2D eigenvalue weighted by Gasteiger charge is 2.38. The maximum absolute atomic E-state index is 12.0. The number of carbonyl (C=O) groups excluding carboxylic acids is 1. The average Bonchev–Trinajstić information content (AvgIpc) is 2.23. The van der Waals surface area contributed by atoms with Crippen LogP contribution in [-0.4, -0.2) is 23.9 Å². The number of carbonyl (C=O) groups is 1. The first-order valence-corrected chi connectivity index (χ1v) is 5.90. The molecule has 1 fully saturated rings. The van der Waals surface area contributed by atoms with E-state index in [2.05, 4.69) is 41.5 Å². The van der Waals surface area contributed by atoms with Crippen molar-refractivity contribution in [1.82, 2.24) is 4.90 Å². The third-order valence-corrected chi connectivity index (χ3v) is 3.46. The Balaban J connectivity index is 2.58. The Morgan fingerprint density at radius 3 is 2.27 bits per heavy atom. The second-order valence-electron chi connectivity index (χ2n) is 6.90. The van der Waals surface area contributed by atoms with Gasteiger partial charge in [-0.05, 0) is 16.7 Å². The topological polar surface area (TPSA) is 20.3 Å². The van der Waals surface area contributed by atoms with Gasteiger partial charge in [-0.15, -0.1) is 0 Å². The lowest BCUT2D eigenvalue weighted by molar-refractivity contribution is -0.132. The van der Waals surface area contributed by atoms with Gasteiger partial charge in [0.2, 0.25) is 5.91 Å². The molecule has 1 heterocycles. The summed E-state index contributed by atoms with van der Waals surface area (Å²) >= 11 is 0. The third-order valence-electron chi connectivity index (χ3n) is 3.46. The second kappa shape index (κ2) is 3.80. The smallest absolute Gasteiger partial charge is 0.223 e. The van der Waals surface area contributed by atoms with Crippen LogP contribution in [0.5, 0.6) is 0 Å². The summed E-state index contributed by atoms with van der Waals surface area (Å²) in [7, 11) is 0. The van der Waals surface area contributed by atoms with Crippen LogP contribution >= 0.6 is 0 Å². The van der Waals surface area contributed by atoms with Gasteiger partial charge in [0.1, 0.15) is 0 Å². The average molecular weight is 211 g/mol. The second-order valence-corrected chi connectivity index (χ2v) is 6.90. The van der Waals surface area contributed by atoms with E-state index in [1.807, 2.05) is 4.90 Å². The summed E-state index contributed by atoms with van der Waals surface area (Å²) in [6, 6.07) is 0. The molecule has 0 aromatic carbocycles. The highest BCUT2D eigenvalue weighted by molar-refractivity contribution is 5.77. The van der Waals surface area contributed by atoms with Gasteiger partial charge in [0.25, 0.3) is 0 Å². The molecule has 1 saturated heterocycles. The van der Waals surface area contributed by atoms with E-state index in [9.17, 15) is 4.79 Å². The zero-order valence-corrected chi connectivity index (χ0v) is 11.1. The molecule has 15 heavy (non-hydrogen) atoms. The molecule has 0 saturated carbocycles. The predicted molar refractivity (Wildman–Crippen MR) is 63.6 cm³/mol. The molecule has 1 rings (SSSR count). The minimum atomic E-state index is 0.104. The Morgan fingerprint density at radius 1 is 1.40 bits per heavy atom. The molecular formula is C13H25NO. The Labute approximate surface area is 94.0 Å². The monoisotopic (exact) mass is 211 g/mol. The van der Waals surface area contributed by atoms with Crippen LogP contribution in [0.2, 0.25) is 0 Å². The van der Waals surface area contributed by atoms with Gasteiger partial charge in [-0.2, -0.15) is 0 Å². The zero-order valence-electron chi connectivity index (χ0n) is 11.1. The van der Waals surface area contributed by atoms with Crippen molar-refractivity contribution in [2.45, 2.75) is 48.0 Å². The van der Waals surface area contributed by atoms with Gasteiger partial charge in [-0.25, -0.2) is 0 Å². The van der Waals surface area contributed by atoms with Crippen molar-refractivity contribution in [2.24, 2.45) is 16.7 Å². The van der Waals surface area contributed by atoms with Crippen LogP contribution in [0.15, 0.2) is 0 Å². The number of hydrogen-bond donors (Lipinski definition) is 0. The highest BCUT2D eigenvalue weighted by Crippen LogP contribution is 2.35. The molecule has 1 unspecified atom stereocenters. The molecule has 0 aromatic rings. The third kappa shape index (κ3) is 3.22. The van der Waals surface area contributed by atoms with Crippen LogP contribution in [0.3, 0.4) is 0 Å². The van der Waals surface area contributed by atoms with E-state index < -0.39 is 0 Å². The number of amides is 1. The van der Waals surface area contributed by atoms with Gasteiger partial charge >= 0.3 is 0 Å². The summed E-state index contributed by atoms with van der Waals surface area (Å²) in [5.41, 5.74) is 0.389. The lowest BCUT2D eigenvalue weighted by atomic mass is 9.84. The largest absolute Gasteiger partial charge is 0.342 e. The SMILES string of the molecule is CC1CN(C(=O)CC(C)(C)C)CC1(C)C. The first-order chi connectivity index (χ1) is 6.62. The minimum Gasteiger partial charge on any atom is -0.342 e. The minimum absolute atomic E-state index is 0.104. The molecule has 2 heteroatoms. The van der Waals surface area contributed by atoms with Crippen molar-refractivity contribution in [3.05, 3.63) is 0 Å². The first kappa shape index (κ1) is 12.5. The van der Waals surface area contributed by atoms with E-state index in [0.717, 1.165) is 13.1 Å². The van der Waals surface area contributed by atoms with Gasteiger partial charge in [0, 0.05) is 19.5 Å². The van der Waals surface area contributed by atoms with E-state index in [1.165, 1.54) is 0 Å². The van der Waals surface area contributed by atoms with Gasteiger partial charge in [0.15, 0.2) is 0 Å². The summed E-state index contributed by atoms with van der Waals surface area (Å²) < 4.78 is 0. The van der Waals surface area contributed by atoms with Crippen LogP contribution in [0.4, 0.5) is 0 Å². The Morgan fingerprint density at radius 2 is 1.93 bits per heavy atom. The molecule has 1 atom stereocenters. The molecule has 88 valence electrons. The fraction of sp³-hybridized carbons (Fsp3) is 0.923. The molecule has 0 aromatic heterocycles. The molecular weight excluding hydrogens is 186 g/mol. The highest BCUT2D eigenvalue weighted by atomic mass is 16.2. The van der Waals surface area contributed by atoms with Gasteiger partial charge in [0.05, 0.1) is 0 Å². The molecule has 1 amide bonds. The van der Waals surface area contributed by atoms with Gasteiger partial charge in [-0.3, -0.25) is 4.79 Å². The fourth-order valence-electron chi connectivity index (χ4n) is 2.05. The molecule has 1 aliphatic rings. The summed E-state index contributed by atoms with van der Waals surface area (Å²) in [6.07, 6.45) is 0.662. The van der Waals surface area contributed by atoms with Crippen molar-refractivity contribution >= 4 is 5.91 Å². The van der Waals surface area contributed by atoms with Crippen LogP contribution in [0.1, 0.15) is 48.0 Å². The Bertz CT molecular complexity index is 250. The van der Waals surface area contributed by atoms with Crippen molar-refractivity contribution in [1.29, 1.82) is 0 Å².